The number of hydrogen-bond donors (Lipinski definition) is 1. The second kappa shape index (κ2) is 10.8. The fourth-order valence-corrected chi connectivity index (χ4v) is 8.50. The van der Waals surface area contributed by atoms with Gasteiger partial charge in [0.2, 0.25) is 11.8 Å². The van der Waals surface area contributed by atoms with E-state index in [1.54, 1.807) is 0 Å². The number of nitrogens with zero attached hydrogens (tertiary/aromatic N) is 6. The zero-order chi connectivity index (χ0) is 31.9. The molecule has 1 atom stereocenters. The van der Waals surface area contributed by atoms with Gasteiger partial charge in [-0.25, -0.2) is 4.39 Å². The molecule has 0 bridgehead atoms. The van der Waals surface area contributed by atoms with Gasteiger partial charge >= 0.3 is 0 Å². The van der Waals surface area contributed by atoms with Crippen LogP contribution in [-0.4, -0.2) is 87.0 Å². The number of aromatic nitrogens is 4. The number of benzene rings is 2. The quantitative estimate of drug-likeness (QED) is 0.275. The normalized spacial score (nSPS) is 20.7. The van der Waals surface area contributed by atoms with E-state index in [0.29, 0.717) is 31.1 Å². The van der Waals surface area contributed by atoms with E-state index in [9.17, 15) is 14.0 Å². The van der Waals surface area contributed by atoms with Crippen LogP contribution < -0.4 is 4.90 Å². The van der Waals surface area contributed by atoms with E-state index in [4.69, 9.17) is 16.7 Å². The number of fused-ring (bicyclic) bond motifs is 2. The summed E-state index contributed by atoms with van der Waals surface area (Å²) >= 11 is 7.10. The molecule has 9 nitrogen and oxygen atoms in total. The molecule has 2 amide bonds. The molecule has 8 rings (SSSR count). The number of carbonyl (C=O) groups is 2. The summed E-state index contributed by atoms with van der Waals surface area (Å²) in [4.78, 5) is 31.0. The molecular formula is C35H37ClFN7O2. The number of alkyl halides is 1. The number of aryl methyl sites for hydroxylation is 1. The van der Waals surface area contributed by atoms with Crippen molar-refractivity contribution >= 4 is 40.0 Å². The second-order valence-corrected chi connectivity index (χ2v) is 14.1. The first kappa shape index (κ1) is 29.4. The first-order chi connectivity index (χ1) is 22.1. The fourth-order valence-electron chi connectivity index (χ4n) is 8.25. The number of rotatable bonds is 6. The minimum Gasteiger partial charge on any atom is -0.338 e. The summed E-state index contributed by atoms with van der Waals surface area (Å²) in [5.41, 5.74) is 8.79. The molecule has 11 heteroatoms. The number of halogens is 2. The molecule has 4 aromatic rings. The highest BCUT2D eigenvalue weighted by atomic mass is 35.5. The molecule has 1 aliphatic carbocycles. The monoisotopic (exact) mass is 641 g/mol. The third kappa shape index (κ3) is 4.59. The maximum atomic E-state index is 13.7. The molecule has 1 N–H and O–H groups in total. The van der Waals surface area contributed by atoms with Crippen LogP contribution in [0.2, 0.25) is 5.02 Å². The lowest BCUT2D eigenvalue weighted by molar-refractivity contribution is -0.149. The Morgan fingerprint density at radius 3 is 2.72 bits per heavy atom. The third-order valence-corrected chi connectivity index (χ3v) is 11.1. The van der Waals surface area contributed by atoms with Crippen LogP contribution in [-0.2, 0) is 16.0 Å². The van der Waals surface area contributed by atoms with Crippen molar-refractivity contribution in [3.05, 3.63) is 65.0 Å². The molecule has 0 radical (unpaired) electrons. The van der Waals surface area contributed by atoms with Gasteiger partial charge in [0.05, 0.1) is 29.3 Å². The van der Waals surface area contributed by atoms with Crippen LogP contribution in [0.1, 0.15) is 42.1 Å². The van der Waals surface area contributed by atoms with Crippen molar-refractivity contribution in [1.82, 2.24) is 29.8 Å². The van der Waals surface area contributed by atoms with Crippen molar-refractivity contribution in [3.63, 3.8) is 0 Å². The van der Waals surface area contributed by atoms with E-state index >= 15 is 0 Å². The number of aromatic amines is 1. The smallest absolute Gasteiger partial charge is 0.245 e. The Hall–Kier alpha value is -4.02. The zero-order valence-electron chi connectivity index (χ0n) is 26.2. The lowest BCUT2D eigenvalue weighted by atomic mass is 9.60. The molecule has 3 fully saturated rings. The molecule has 1 saturated carbocycles. The molecule has 46 heavy (non-hydrogen) atoms. The molecule has 238 valence electrons. The van der Waals surface area contributed by atoms with Crippen LogP contribution in [0.25, 0.3) is 33.3 Å². The second-order valence-electron chi connectivity index (χ2n) is 13.7. The van der Waals surface area contributed by atoms with Crippen molar-refractivity contribution in [1.29, 1.82) is 0 Å². The maximum Gasteiger partial charge on any atom is 0.245 e. The fraction of sp³-hybridized carbons (Fsp3) is 0.429. The van der Waals surface area contributed by atoms with Gasteiger partial charge in [0.15, 0.2) is 0 Å². The summed E-state index contributed by atoms with van der Waals surface area (Å²) in [5.74, 6) is 0.00650. The van der Waals surface area contributed by atoms with Gasteiger partial charge in [-0.15, -0.1) is 0 Å². The minimum atomic E-state index is -0.848. The standard InChI is InChI=1S/C35H37ClFN7O2/c1-4-29(45)42-18-35(19-42)13-25(14-35)44-21(3)31(32-26-15-38-39-27(26)11-20(2)33(32)36)34(40-44)23-5-6-28-22(12-23)7-10-43(28)30(46)17-41-9-8-24(37)16-41/h4-6,11-12,15,24-25H,1,7-10,13-14,16-19H2,2-3H3,(H,38,39)/t24-/m0/s1. The van der Waals surface area contributed by atoms with Gasteiger partial charge < -0.3 is 9.80 Å². The largest absolute Gasteiger partial charge is 0.338 e. The molecule has 2 aromatic heterocycles. The highest BCUT2D eigenvalue weighted by Crippen LogP contribution is 2.55. The summed E-state index contributed by atoms with van der Waals surface area (Å²) in [6.45, 7) is 11.1. The number of likely N-dealkylation sites (tertiary alicyclic amines) is 2. The first-order valence-corrected chi connectivity index (χ1v) is 16.5. The van der Waals surface area contributed by atoms with Crippen LogP contribution in [0.15, 0.2) is 43.1 Å². The Balaban J connectivity index is 1.16. The van der Waals surface area contributed by atoms with Gasteiger partial charge in [-0.3, -0.25) is 24.3 Å². The first-order valence-electron chi connectivity index (χ1n) is 16.1. The molecule has 1 spiro atoms. The molecule has 2 aromatic carbocycles. The summed E-state index contributed by atoms with van der Waals surface area (Å²) in [6, 6.07) is 8.48. The summed E-state index contributed by atoms with van der Waals surface area (Å²) in [7, 11) is 0. The predicted molar refractivity (Wildman–Crippen MR) is 177 cm³/mol. The highest BCUT2D eigenvalue weighted by molar-refractivity contribution is 6.36. The van der Waals surface area contributed by atoms with Crippen LogP contribution in [0.3, 0.4) is 0 Å². The number of nitrogens with one attached hydrogen (secondary N) is 1. The number of carbonyl (C=O) groups excluding carboxylic acids is 2. The van der Waals surface area contributed by atoms with Crippen LogP contribution >= 0.6 is 11.6 Å². The molecule has 5 heterocycles. The Morgan fingerprint density at radius 2 is 1.98 bits per heavy atom. The Bertz CT molecular complexity index is 1920. The molecule has 3 aliphatic heterocycles. The van der Waals surface area contributed by atoms with Crippen molar-refractivity contribution in [3.8, 4) is 22.4 Å². The van der Waals surface area contributed by atoms with Crippen molar-refractivity contribution < 1.29 is 14.0 Å². The lowest BCUT2D eigenvalue weighted by Gasteiger charge is -2.58. The van der Waals surface area contributed by atoms with Gasteiger partial charge in [0.1, 0.15) is 11.9 Å². The van der Waals surface area contributed by atoms with Gasteiger partial charge in [-0.2, -0.15) is 10.2 Å². The van der Waals surface area contributed by atoms with E-state index in [-0.39, 0.29) is 29.8 Å². The molecule has 2 saturated heterocycles. The van der Waals surface area contributed by atoms with Crippen molar-refractivity contribution in [2.75, 3.05) is 44.2 Å². The number of anilines is 1. The van der Waals surface area contributed by atoms with Gasteiger partial charge in [-0.05, 0) is 74.9 Å². The minimum absolute atomic E-state index is 0.00606. The summed E-state index contributed by atoms with van der Waals surface area (Å²) in [6.07, 6.45) is 5.52. The summed E-state index contributed by atoms with van der Waals surface area (Å²) < 4.78 is 15.9. The number of H-pyrrole nitrogens is 1. The SMILES string of the molecule is C=CC(=O)N1CC2(CC(n3nc(-c4ccc5c(c4)CCN5C(=O)CN4CC[C@H](F)C4)c(-c4c(Cl)c(C)cc5[nH]ncc45)c3C)C2)C1. The lowest BCUT2D eigenvalue weighted by Crippen LogP contribution is -2.63. The third-order valence-electron chi connectivity index (χ3n) is 10.6. The molecular weight excluding hydrogens is 605 g/mol. The Kier molecular flexibility index (Phi) is 6.88. The molecule has 4 aliphatic rings. The Labute approximate surface area is 272 Å². The Morgan fingerprint density at radius 1 is 1.17 bits per heavy atom. The van der Waals surface area contributed by atoms with Crippen molar-refractivity contribution in [2.45, 2.75) is 51.7 Å². The number of hydrogen-bond acceptors (Lipinski definition) is 5. The molecule has 0 unspecified atom stereocenters. The highest BCUT2D eigenvalue weighted by Gasteiger charge is 2.54. The van der Waals surface area contributed by atoms with E-state index < -0.39 is 6.17 Å². The van der Waals surface area contributed by atoms with Crippen LogP contribution in [0.5, 0.6) is 0 Å². The van der Waals surface area contributed by atoms with E-state index in [1.807, 2.05) is 40.0 Å². The maximum absolute atomic E-state index is 13.7. The summed E-state index contributed by atoms with van der Waals surface area (Å²) in [5, 5.41) is 14.4. The van der Waals surface area contributed by atoms with Gasteiger partial charge in [0, 0.05) is 71.6 Å². The van der Waals surface area contributed by atoms with Crippen LogP contribution in [0, 0.1) is 19.3 Å². The average molecular weight is 642 g/mol. The van der Waals surface area contributed by atoms with Crippen LogP contribution in [0.4, 0.5) is 10.1 Å². The van der Waals surface area contributed by atoms with E-state index in [1.165, 1.54) is 6.08 Å². The predicted octanol–water partition coefficient (Wildman–Crippen LogP) is 5.65. The van der Waals surface area contributed by atoms with Gasteiger partial charge in [-0.1, -0.05) is 24.2 Å². The topological polar surface area (TPSA) is 90.4 Å². The zero-order valence-corrected chi connectivity index (χ0v) is 26.9. The van der Waals surface area contributed by atoms with E-state index in [2.05, 4.69) is 40.5 Å². The average Bonchev–Trinajstić information content (AvgIpc) is 3.79. The number of amides is 2. The van der Waals surface area contributed by atoms with Crippen molar-refractivity contribution in [2.24, 2.45) is 5.41 Å². The van der Waals surface area contributed by atoms with E-state index in [0.717, 1.165) is 88.1 Å². The van der Waals surface area contributed by atoms with Gasteiger partial charge in [0.25, 0.3) is 0 Å².